The summed E-state index contributed by atoms with van der Waals surface area (Å²) in [7, 11) is -2.69. The third kappa shape index (κ3) is 3.01. The van der Waals surface area contributed by atoms with Crippen LogP contribution < -0.4 is 0 Å². The molecule has 1 heterocycles. The van der Waals surface area contributed by atoms with E-state index in [1.165, 1.54) is 0 Å². The van der Waals surface area contributed by atoms with Gasteiger partial charge in [-0.15, -0.1) is 12.4 Å². The molecule has 0 fully saturated rings. The van der Waals surface area contributed by atoms with E-state index in [4.69, 9.17) is 0 Å². The van der Waals surface area contributed by atoms with Crippen LogP contribution in [0.15, 0.2) is 0 Å². The van der Waals surface area contributed by atoms with Crippen molar-refractivity contribution in [3.05, 3.63) is 8.96 Å². The predicted molar refractivity (Wildman–Crippen MR) is 40.9 cm³/mol. The van der Waals surface area contributed by atoms with E-state index in [2.05, 4.69) is 5.10 Å². The number of alkyl halides is 3. The second-order valence-corrected chi connectivity index (χ2v) is 3.79. The van der Waals surface area contributed by atoms with Crippen LogP contribution in [0.2, 0.25) is 0 Å². The summed E-state index contributed by atoms with van der Waals surface area (Å²) in [5, 5.41) is 3.33. The van der Waals surface area contributed by atoms with Crippen molar-refractivity contribution in [1.82, 2.24) is 10.2 Å². The fourth-order valence-corrected chi connectivity index (χ4v) is 1.53. The molecular formula is C3H2ClF3N2O2S2. The molecule has 0 bridgehead atoms. The average molecular weight is 255 g/mol. The molecule has 1 N–H and O–H groups in total. The number of halogens is 4. The molecule has 0 aromatic carbocycles. The molecule has 0 saturated carbocycles. The first-order chi connectivity index (χ1) is 5.41. The third-order valence-corrected chi connectivity index (χ3v) is 2.68. The smallest absolute Gasteiger partial charge is 0.254 e. The van der Waals surface area contributed by atoms with Crippen LogP contribution in [0.1, 0.15) is 5.01 Å². The normalized spacial score (nSPS) is 10.7. The maximum absolute atomic E-state index is 11.8. The molecule has 0 saturated heterocycles. The highest BCUT2D eigenvalue weighted by Crippen LogP contribution is 2.29. The standard InChI is InChI=1S/C3HF3N2O2S2.ClH/c4-3(5,6)1-7-8-2(11-1)12(9)10;/h8H;1H. The number of nitrogens with one attached hydrogen (secondary N) is 1. The van der Waals surface area contributed by atoms with E-state index in [-0.39, 0.29) is 23.7 Å². The minimum absolute atomic E-state index is 0. The van der Waals surface area contributed by atoms with Gasteiger partial charge >= 0.3 is 6.18 Å². The van der Waals surface area contributed by atoms with Gasteiger partial charge < -0.3 is 0 Å². The summed E-state index contributed by atoms with van der Waals surface area (Å²) >= 11 is 0.0436. The van der Waals surface area contributed by atoms with Crippen molar-refractivity contribution in [2.24, 2.45) is 0 Å². The molecule has 0 atom stereocenters. The quantitative estimate of drug-likeness (QED) is 0.711. The molecule has 13 heavy (non-hydrogen) atoms. The fourth-order valence-electron chi connectivity index (χ4n) is 0.422. The second kappa shape index (κ2) is 4.11. The van der Waals surface area contributed by atoms with E-state index in [9.17, 15) is 21.6 Å². The molecule has 4 nitrogen and oxygen atoms in total. The van der Waals surface area contributed by atoms with Gasteiger partial charge in [0.05, 0.1) is 0 Å². The Morgan fingerprint density at radius 1 is 1.38 bits per heavy atom. The molecule has 0 aliphatic heterocycles. The topological polar surface area (TPSA) is 62.8 Å². The highest BCUT2D eigenvalue weighted by Gasteiger charge is 2.34. The molecular weight excluding hydrogens is 253 g/mol. The minimum atomic E-state index is -4.60. The van der Waals surface area contributed by atoms with Gasteiger partial charge in [0.25, 0.3) is 0 Å². The third-order valence-electron chi connectivity index (χ3n) is 0.832. The van der Waals surface area contributed by atoms with Gasteiger partial charge in [-0.2, -0.15) is 26.7 Å². The minimum Gasteiger partial charge on any atom is -0.254 e. The Kier molecular flexibility index (Phi) is 3.94. The van der Waals surface area contributed by atoms with Gasteiger partial charge in [-0.3, -0.25) is 5.10 Å². The number of H-pyrrole nitrogens is 1. The molecule has 10 heteroatoms. The maximum atomic E-state index is 11.8. The lowest BCUT2D eigenvalue weighted by atomic mass is 10.7. The van der Waals surface area contributed by atoms with Crippen molar-refractivity contribution in [2.75, 3.05) is 0 Å². The monoisotopic (exact) mass is 254 g/mol. The Morgan fingerprint density at radius 2 is 1.92 bits per heavy atom. The van der Waals surface area contributed by atoms with E-state index in [1.807, 2.05) is 0 Å². The summed E-state index contributed by atoms with van der Waals surface area (Å²) in [5.41, 5.74) is 0. The summed E-state index contributed by atoms with van der Waals surface area (Å²) in [5.74, 6) is 0. The first-order valence-corrected chi connectivity index (χ1v) is 4.35. The Labute approximate surface area is 81.4 Å². The fraction of sp³-hybridized carbons (Fsp3) is 0.333. The number of rotatable bonds is 0. The van der Waals surface area contributed by atoms with Crippen molar-refractivity contribution in [1.29, 1.82) is 0 Å². The van der Waals surface area contributed by atoms with Crippen LogP contribution >= 0.6 is 23.7 Å². The highest BCUT2D eigenvalue weighted by molar-refractivity contribution is 7.66. The van der Waals surface area contributed by atoms with E-state index >= 15 is 0 Å². The Morgan fingerprint density at radius 3 is 2.15 bits per heavy atom. The van der Waals surface area contributed by atoms with Gasteiger partial charge in [0.15, 0.2) is 0 Å². The van der Waals surface area contributed by atoms with Gasteiger partial charge in [0.2, 0.25) is 19.3 Å². The summed E-state index contributed by atoms with van der Waals surface area (Å²) in [6.07, 6.45) is -4.60. The molecule has 0 radical (unpaired) electrons. The van der Waals surface area contributed by atoms with Gasteiger partial charge in [0, 0.05) is 0 Å². The molecule has 0 spiro atoms. The van der Waals surface area contributed by atoms with Gasteiger partial charge in [-0.25, -0.2) is 0 Å². The maximum Gasteiger partial charge on any atom is 0.444 e. The first kappa shape index (κ1) is 12.5. The largest absolute Gasteiger partial charge is 0.444 e. The van der Waals surface area contributed by atoms with Gasteiger partial charge in [-0.05, 0) is 0 Å². The number of hydrogen-bond donors (Lipinski definition) is 1. The molecule has 0 unspecified atom stereocenters. The van der Waals surface area contributed by atoms with E-state index < -0.39 is 25.4 Å². The lowest BCUT2D eigenvalue weighted by molar-refractivity contribution is -0.138. The predicted octanol–water partition coefficient (Wildman–Crippen LogP) is 1.32. The van der Waals surface area contributed by atoms with Crippen LogP contribution in [-0.2, 0) is 16.5 Å². The Hall–Kier alpha value is -0.540. The van der Waals surface area contributed by atoms with Gasteiger partial charge in [-0.1, -0.05) is 11.3 Å². The summed E-state index contributed by atoms with van der Waals surface area (Å²) in [6, 6.07) is 0. The van der Waals surface area contributed by atoms with Crippen molar-refractivity contribution in [2.45, 2.75) is 6.18 Å². The number of aromatic nitrogens is 2. The lowest BCUT2D eigenvalue weighted by Crippen LogP contribution is -2.03. The van der Waals surface area contributed by atoms with E-state index in [0.29, 0.717) is 0 Å². The van der Waals surface area contributed by atoms with Crippen molar-refractivity contribution < 1.29 is 21.6 Å². The molecule has 0 aliphatic rings. The molecule has 1 aromatic heterocycles. The van der Waals surface area contributed by atoms with Gasteiger partial charge in [0.1, 0.15) is 0 Å². The molecule has 0 aliphatic carbocycles. The Bertz CT molecular complexity index is 436. The van der Waals surface area contributed by atoms with E-state index in [0.717, 1.165) is 0 Å². The van der Waals surface area contributed by atoms with Crippen LogP contribution in [0.5, 0.6) is 0 Å². The Balaban J connectivity index is 0.00000144. The number of nitrogens with zero attached hydrogens (tertiary/aromatic N) is 1. The zero-order valence-electron chi connectivity index (χ0n) is 5.62. The van der Waals surface area contributed by atoms with Crippen LogP contribution in [0, 0.1) is 3.95 Å². The first-order valence-electron chi connectivity index (χ1n) is 2.46. The molecule has 0 amide bonds. The lowest BCUT2D eigenvalue weighted by Gasteiger charge is -1.96. The average Bonchev–Trinajstić information content (AvgIpc) is 2.30. The van der Waals surface area contributed by atoms with Crippen molar-refractivity contribution in [3.8, 4) is 0 Å². The van der Waals surface area contributed by atoms with Crippen molar-refractivity contribution in [3.63, 3.8) is 0 Å². The van der Waals surface area contributed by atoms with Crippen LogP contribution in [0.4, 0.5) is 13.2 Å². The number of hydrogen-bond acceptors (Lipinski definition) is 4. The molecule has 1 rings (SSSR count). The summed E-state index contributed by atoms with van der Waals surface area (Å²) in [6.45, 7) is 0. The molecule has 1 aromatic rings. The molecule has 76 valence electrons. The van der Waals surface area contributed by atoms with Crippen LogP contribution in [0.3, 0.4) is 0 Å². The van der Waals surface area contributed by atoms with E-state index in [1.54, 1.807) is 5.10 Å². The summed E-state index contributed by atoms with van der Waals surface area (Å²) in [4.78, 5) is 0. The van der Waals surface area contributed by atoms with Crippen LogP contribution in [-0.4, -0.2) is 18.6 Å². The zero-order chi connectivity index (χ0) is 9.35. The SMILES string of the molecule is Cl.O=S(=O)=c1[nH]nc(C(F)(F)F)s1. The van der Waals surface area contributed by atoms with Crippen molar-refractivity contribution >= 4 is 34.0 Å². The van der Waals surface area contributed by atoms with Crippen LogP contribution in [0.25, 0.3) is 0 Å². The second-order valence-electron chi connectivity index (χ2n) is 1.65. The number of aromatic amines is 1. The zero-order valence-corrected chi connectivity index (χ0v) is 8.07. The summed E-state index contributed by atoms with van der Waals surface area (Å²) < 4.78 is 55.1. The highest BCUT2D eigenvalue weighted by atomic mass is 35.5.